The van der Waals surface area contributed by atoms with Crippen LogP contribution in [0.3, 0.4) is 0 Å². The van der Waals surface area contributed by atoms with Crippen LogP contribution in [0, 0.1) is 0 Å². The summed E-state index contributed by atoms with van der Waals surface area (Å²) in [4.78, 5) is 14.7. The summed E-state index contributed by atoms with van der Waals surface area (Å²) in [6, 6.07) is 7.82. The molecule has 0 aliphatic carbocycles. The second kappa shape index (κ2) is 6.19. The van der Waals surface area contributed by atoms with Crippen molar-refractivity contribution in [2.45, 2.75) is 19.4 Å². The average Bonchev–Trinajstić information content (AvgIpc) is 3.39. The molecule has 0 fully saturated rings. The predicted molar refractivity (Wildman–Crippen MR) is 98.4 cm³/mol. The van der Waals surface area contributed by atoms with Crippen LogP contribution in [0.15, 0.2) is 36.7 Å². The lowest BCUT2D eigenvalue weighted by atomic mass is 10.00. The molecular formula is C20H20N4O3. The number of aryl methyl sites for hydroxylation is 1. The molecule has 7 heteroatoms. The number of hydrogen-bond donors (Lipinski definition) is 1. The van der Waals surface area contributed by atoms with E-state index in [9.17, 15) is 4.79 Å². The summed E-state index contributed by atoms with van der Waals surface area (Å²) in [5.74, 6) is 1.63. The van der Waals surface area contributed by atoms with Crippen LogP contribution in [0.1, 0.15) is 16.8 Å². The number of ether oxygens (including phenoxy) is 2. The Morgan fingerprint density at radius 2 is 2.15 bits per heavy atom. The molecule has 0 atom stereocenters. The molecule has 4 heterocycles. The van der Waals surface area contributed by atoms with Crippen LogP contribution >= 0.6 is 0 Å². The number of carbonyl (C=O) groups excluding carboxylic acids is 1. The Morgan fingerprint density at radius 3 is 3.00 bits per heavy atom. The quantitative estimate of drug-likeness (QED) is 0.774. The standard InChI is InChI=1S/C20H20N4O3/c1-23-6-4-13(10-23)8-19(25)24-7-5-16-15(11-24)20(22-21-16)14-2-3-17-18(9-14)27-12-26-17/h2-4,6,9-10H,5,7-8,11-12H2,1H3,(H,21,22). The van der Waals surface area contributed by atoms with Crippen LogP contribution in [0.4, 0.5) is 0 Å². The van der Waals surface area contributed by atoms with E-state index in [2.05, 4.69) is 10.2 Å². The molecule has 27 heavy (non-hydrogen) atoms. The molecule has 3 aromatic rings. The number of rotatable bonds is 3. The molecule has 1 N–H and O–H groups in total. The maximum Gasteiger partial charge on any atom is 0.231 e. The average molecular weight is 364 g/mol. The van der Waals surface area contributed by atoms with E-state index in [-0.39, 0.29) is 12.7 Å². The molecule has 0 unspecified atom stereocenters. The number of H-pyrrole nitrogens is 1. The molecule has 2 aromatic heterocycles. The number of aromatic nitrogens is 3. The van der Waals surface area contributed by atoms with Gasteiger partial charge in [-0.1, -0.05) is 0 Å². The van der Waals surface area contributed by atoms with Gasteiger partial charge in [0.25, 0.3) is 0 Å². The van der Waals surface area contributed by atoms with Crippen molar-refractivity contribution in [1.29, 1.82) is 0 Å². The highest BCUT2D eigenvalue weighted by Gasteiger charge is 2.26. The molecule has 2 aliphatic rings. The summed E-state index contributed by atoms with van der Waals surface area (Å²) in [5.41, 5.74) is 5.07. The number of amides is 1. The van der Waals surface area contributed by atoms with E-state index in [0.717, 1.165) is 46.0 Å². The van der Waals surface area contributed by atoms with Crippen molar-refractivity contribution in [1.82, 2.24) is 19.7 Å². The normalized spacial score (nSPS) is 15.1. The van der Waals surface area contributed by atoms with Gasteiger partial charge in [-0.25, -0.2) is 0 Å². The van der Waals surface area contributed by atoms with Crippen molar-refractivity contribution in [3.05, 3.63) is 53.5 Å². The Labute approximate surface area is 156 Å². The van der Waals surface area contributed by atoms with Crippen LogP contribution in [-0.4, -0.2) is 38.9 Å². The molecule has 0 bridgehead atoms. The molecule has 1 aromatic carbocycles. The van der Waals surface area contributed by atoms with E-state index < -0.39 is 0 Å². The SMILES string of the molecule is Cn1ccc(CC(=O)N2CCc3[nH]nc(-c4ccc5c(c4)OCO5)c3C2)c1. The summed E-state index contributed by atoms with van der Waals surface area (Å²) in [6.45, 7) is 1.53. The fourth-order valence-electron chi connectivity index (χ4n) is 3.74. The van der Waals surface area contributed by atoms with E-state index in [1.54, 1.807) is 0 Å². The smallest absolute Gasteiger partial charge is 0.231 e. The molecular weight excluding hydrogens is 344 g/mol. The summed E-state index contributed by atoms with van der Waals surface area (Å²) in [5, 5.41) is 7.65. The number of fused-ring (bicyclic) bond motifs is 2. The second-order valence-electron chi connectivity index (χ2n) is 7.02. The Morgan fingerprint density at radius 1 is 1.26 bits per heavy atom. The van der Waals surface area contributed by atoms with Gasteiger partial charge in [-0.15, -0.1) is 0 Å². The third kappa shape index (κ3) is 2.85. The highest BCUT2D eigenvalue weighted by Crippen LogP contribution is 2.37. The van der Waals surface area contributed by atoms with Gasteiger partial charge >= 0.3 is 0 Å². The maximum absolute atomic E-state index is 12.8. The molecule has 0 saturated carbocycles. The van der Waals surface area contributed by atoms with E-state index in [1.165, 1.54) is 0 Å². The summed E-state index contributed by atoms with van der Waals surface area (Å²) >= 11 is 0. The van der Waals surface area contributed by atoms with E-state index in [4.69, 9.17) is 9.47 Å². The van der Waals surface area contributed by atoms with Crippen molar-refractivity contribution in [2.75, 3.05) is 13.3 Å². The highest BCUT2D eigenvalue weighted by atomic mass is 16.7. The summed E-state index contributed by atoms with van der Waals surface area (Å²) < 4.78 is 12.8. The maximum atomic E-state index is 12.8. The first-order chi connectivity index (χ1) is 13.2. The van der Waals surface area contributed by atoms with Gasteiger partial charge in [-0.2, -0.15) is 5.10 Å². The van der Waals surface area contributed by atoms with Crippen molar-refractivity contribution in [3.8, 4) is 22.8 Å². The summed E-state index contributed by atoms with van der Waals surface area (Å²) in [6.07, 6.45) is 5.16. The van der Waals surface area contributed by atoms with Gasteiger partial charge in [0.05, 0.1) is 12.1 Å². The first-order valence-corrected chi connectivity index (χ1v) is 9.02. The van der Waals surface area contributed by atoms with Gasteiger partial charge in [0.2, 0.25) is 12.7 Å². The van der Waals surface area contributed by atoms with E-state index >= 15 is 0 Å². The minimum Gasteiger partial charge on any atom is -0.454 e. The number of nitrogens with zero attached hydrogens (tertiary/aromatic N) is 3. The molecule has 0 radical (unpaired) electrons. The first-order valence-electron chi connectivity index (χ1n) is 9.02. The minimum atomic E-state index is 0.143. The molecule has 138 valence electrons. The molecule has 5 rings (SSSR count). The van der Waals surface area contributed by atoms with Gasteiger partial charge in [-0.05, 0) is 29.8 Å². The molecule has 1 amide bonds. The van der Waals surface area contributed by atoms with Gasteiger partial charge in [0.1, 0.15) is 0 Å². The fraction of sp³-hybridized carbons (Fsp3) is 0.300. The second-order valence-corrected chi connectivity index (χ2v) is 7.02. The molecule has 0 spiro atoms. The van der Waals surface area contributed by atoms with Crippen LogP contribution < -0.4 is 9.47 Å². The summed E-state index contributed by atoms with van der Waals surface area (Å²) in [7, 11) is 1.96. The van der Waals surface area contributed by atoms with Gasteiger partial charge in [-0.3, -0.25) is 9.89 Å². The number of benzene rings is 1. The lowest BCUT2D eigenvalue weighted by molar-refractivity contribution is -0.131. The van der Waals surface area contributed by atoms with Crippen LogP contribution in [-0.2, 0) is 31.2 Å². The van der Waals surface area contributed by atoms with Crippen LogP contribution in [0.2, 0.25) is 0 Å². The van der Waals surface area contributed by atoms with E-state index in [0.29, 0.717) is 19.5 Å². The molecule has 2 aliphatic heterocycles. The fourth-order valence-corrected chi connectivity index (χ4v) is 3.74. The van der Waals surface area contributed by atoms with E-state index in [1.807, 2.05) is 53.2 Å². The first kappa shape index (κ1) is 16.0. The topological polar surface area (TPSA) is 72.4 Å². The monoisotopic (exact) mass is 364 g/mol. The van der Waals surface area contributed by atoms with Gasteiger partial charge in [0.15, 0.2) is 11.5 Å². The van der Waals surface area contributed by atoms with Crippen molar-refractivity contribution >= 4 is 5.91 Å². The zero-order valence-electron chi connectivity index (χ0n) is 15.1. The Balaban J connectivity index is 1.39. The van der Waals surface area contributed by atoms with Crippen molar-refractivity contribution < 1.29 is 14.3 Å². The number of carbonyl (C=O) groups is 1. The Bertz CT molecular complexity index is 1020. The van der Waals surface area contributed by atoms with Gasteiger partial charge < -0.3 is 18.9 Å². The number of nitrogens with one attached hydrogen (secondary N) is 1. The zero-order valence-corrected chi connectivity index (χ0v) is 15.1. The lowest BCUT2D eigenvalue weighted by Crippen LogP contribution is -2.36. The third-order valence-corrected chi connectivity index (χ3v) is 5.18. The van der Waals surface area contributed by atoms with Gasteiger partial charge in [0, 0.05) is 55.8 Å². The Kier molecular flexibility index (Phi) is 3.67. The minimum absolute atomic E-state index is 0.143. The zero-order chi connectivity index (χ0) is 18.4. The van der Waals surface area contributed by atoms with Crippen molar-refractivity contribution in [3.63, 3.8) is 0 Å². The third-order valence-electron chi connectivity index (χ3n) is 5.18. The number of hydrogen-bond acceptors (Lipinski definition) is 4. The largest absolute Gasteiger partial charge is 0.454 e. The van der Waals surface area contributed by atoms with Crippen LogP contribution in [0.5, 0.6) is 11.5 Å². The molecule has 7 nitrogen and oxygen atoms in total. The van der Waals surface area contributed by atoms with Crippen LogP contribution in [0.25, 0.3) is 11.3 Å². The van der Waals surface area contributed by atoms with Crippen molar-refractivity contribution in [2.24, 2.45) is 7.05 Å². The number of aromatic amines is 1. The predicted octanol–water partition coefficient (Wildman–Crippen LogP) is 2.27. The lowest BCUT2D eigenvalue weighted by Gasteiger charge is -2.27. The molecule has 0 saturated heterocycles. The Hall–Kier alpha value is -3.22. The highest BCUT2D eigenvalue weighted by molar-refractivity contribution is 5.79.